The summed E-state index contributed by atoms with van der Waals surface area (Å²) >= 11 is 1.73. The molecule has 2 aromatic rings. The molecule has 3 rings (SSSR count). The van der Waals surface area contributed by atoms with Crippen LogP contribution in [0.5, 0.6) is 0 Å². The van der Waals surface area contributed by atoms with E-state index in [0.717, 1.165) is 17.9 Å². The molecule has 1 unspecified atom stereocenters. The van der Waals surface area contributed by atoms with E-state index >= 15 is 0 Å². The molecule has 0 spiro atoms. The Kier molecular flexibility index (Phi) is 2.51. The highest BCUT2D eigenvalue weighted by molar-refractivity contribution is 7.10. The molecule has 0 amide bonds. The number of nitrogens with two attached hydrogens (primary N) is 1. The lowest BCUT2D eigenvalue weighted by molar-refractivity contribution is 0.000997. The van der Waals surface area contributed by atoms with E-state index in [4.69, 9.17) is 10.5 Å². The summed E-state index contributed by atoms with van der Waals surface area (Å²) in [6, 6.07) is 6.17. The predicted molar refractivity (Wildman–Crippen MR) is 62.0 cm³/mol. The number of ether oxygens (including phenoxy) is 1. The van der Waals surface area contributed by atoms with Gasteiger partial charge in [0, 0.05) is 11.4 Å². The zero-order chi connectivity index (χ0) is 11.0. The molecule has 3 heterocycles. The van der Waals surface area contributed by atoms with Gasteiger partial charge >= 0.3 is 0 Å². The summed E-state index contributed by atoms with van der Waals surface area (Å²) in [6.07, 6.45) is 0.137. The molecule has 0 bridgehead atoms. The van der Waals surface area contributed by atoms with Gasteiger partial charge in [-0.25, -0.2) is 0 Å². The van der Waals surface area contributed by atoms with Crippen LogP contribution in [0.3, 0.4) is 0 Å². The number of thiophene rings is 1. The molecular formula is C11H13N3OS. The van der Waals surface area contributed by atoms with Crippen molar-refractivity contribution in [3.8, 4) is 0 Å². The van der Waals surface area contributed by atoms with Gasteiger partial charge in [-0.15, -0.1) is 11.3 Å². The fourth-order valence-corrected chi connectivity index (χ4v) is 2.70. The molecule has 0 saturated carbocycles. The smallest absolute Gasteiger partial charge is 0.112 e. The average Bonchev–Trinajstić information content (AvgIpc) is 2.96. The standard InChI is InChI=1S/C11H13N3OS/c12-5-8-4-9-7-15-10(6-14(9)13-8)11-2-1-3-16-11/h1-4,10H,5-7,12H2. The van der Waals surface area contributed by atoms with Crippen molar-refractivity contribution < 1.29 is 4.74 Å². The molecule has 0 saturated heterocycles. The minimum atomic E-state index is 0.137. The Bertz CT molecular complexity index is 477. The fourth-order valence-electron chi connectivity index (χ4n) is 1.93. The molecule has 2 N–H and O–H groups in total. The third kappa shape index (κ3) is 1.67. The van der Waals surface area contributed by atoms with Crippen molar-refractivity contribution >= 4 is 11.3 Å². The Morgan fingerprint density at radius 2 is 2.56 bits per heavy atom. The van der Waals surface area contributed by atoms with Gasteiger partial charge in [-0.05, 0) is 17.5 Å². The molecule has 1 aliphatic heterocycles. The highest BCUT2D eigenvalue weighted by Gasteiger charge is 2.22. The first-order chi connectivity index (χ1) is 7.86. The van der Waals surface area contributed by atoms with E-state index in [1.165, 1.54) is 4.88 Å². The third-order valence-corrected chi connectivity index (χ3v) is 3.72. The Morgan fingerprint density at radius 1 is 1.62 bits per heavy atom. The zero-order valence-electron chi connectivity index (χ0n) is 8.80. The van der Waals surface area contributed by atoms with Gasteiger partial charge in [-0.1, -0.05) is 6.07 Å². The topological polar surface area (TPSA) is 53.1 Å². The third-order valence-electron chi connectivity index (χ3n) is 2.75. The van der Waals surface area contributed by atoms with Crippen LogP contribution < -0.4 is 5.73 Å². The minimum absolute atomic E-state index is 0.137. The van der Waals surface area contributed by atoms with Gasteiger partial charge in [-0.2, -0.15) is 5.10 Å². The highest BCUT2D eigenvalue weighted by Crippen LogP contribution is 2.29. The Morgan fingerprint density at radius 3 is 3.31 bits per heavy atom. The van der Waals surface area contributed by atoms with Crippen LogP contribution >= 0.6 is 11.3 Å². The second-order valence-corrected chi connectivity index (χ2v) is 4.81. The number of hydrogen-bond acceptors (Lipinski definition) is 4. The summed E-state index contributed by atoms with van der Waals surface area (Å²) in [5.74, 6) is 0. The van der Waals surface area contributed by atoms with Crippen LogP contribution in [0.25, 0.3) is 0 Å². The van der Waals surface area contributed by atoms with Crippen molar-refractivity contribution in [2.24, 2.45) is 5.73 Å². The SMILES string of the molecule is NCc1cc2n(n1)CC(c1cccs1)OC2. The number of hydrogen-bond donors (Lipinski definition) is 1. The maximum atomic E-state index is 5.82. The summed E-state index contributed by atoms with van der Waals surface area (Å²) in [5, 5.41) is 6.52. The molecule has 16 heavy (non-hydrogen) atoms. The van der Waals surface area contributed by atoms with Crippen LogP contribution in [0.1, 0.15) is 22.4 Å². The molecule has 0 fully saturated rings. The van der Waals surface area contributed by atoms with E-state index in [9.17, 15) is 0 Å². The van der Waals surface area contributed by atoms with E-state index in [-0.39, 0.29) is 6.10 Å². The first-order valence-corrected chi connectivity index (χ1v) is 6.15. The zero-order valence-corrected chi connectivity index (χ0v) is 9.61. The van der Waals surface area contributed by atoms with Gasteiger partial charge in [0.05, 0.1) is 24.5 Å². The molecule has 84 valence electrons. The summed E-state index contributed by atoms with van der Waals surface area (Å²) in [6.45, 7) is 1.90. The lowest BCUT2D eigenvalue weighted by Crippen LogP contribution is -2.21. The summed E-state index contributed by atoms with van der Waals surface area (Å²) in [7, 11) is 0. The van der Waals surface area contributed by atoms with Gasteiger partial charge in [0.15, 0.2) is 0 Å². The van der Waals surface area contributed by atoms with E-state index in [1.807, 2.05) is 16.8 Å². The largest absolute Gasteiger partial charge is 0.364 e. The van der Waals surface area contributed by atoms with Crippen LogP contribution in [-0.4, -0.2) is 9.78 Å². The first-order valence-electron chi connectivity index (χ1n) is 5.27. The summed E-state index contributed by atoms with van der Waals surface area (Å²) in [5.41, 5.74) is 7.63. The normalized spacial score (nSPS) is 19.7. The lowest BCUT2D eigenvalue weighted by atomic mass is 10.2. The maximum Gasteiger partial charge on any atom is 0.112 e. The Balaban J connectivity index is 1.85. The summed E-state index contributed by atoms with van der Waals surface area (Å²) < 4.78 is 7.83. The molecule has 1 aliphatic rings. The molecule has 0 aliphatic carbocycles. The Hall–Kier alpha value is -1.17. The number of nitrogens with zero attached hydrogens (tertiary/aromatic N) is 2. The molecule has 4 nitrogen and oxygen atoms in total. The molecule has 0 radical (unpaired) electrons. The second kappa shape index (κ2) is 4.01. The van der Waals surface area contributed by atoms with Crippen LogP contribution in [-0.2, 0) is 24.4 Å². The van der Waals surface area contributed by atoms with Gasteiger partial charge < -0.3 is 10.5 Å². The van der Waals surface area contributed by atoms with Crippen molar-refractivity contribution in [3.63, 3.8) is 0 Å². The lowest BCUT2D eigenvalue weighted by Gasteiger charge is -2.23. The average molecular weight is 235 g/mol. The van der Waals surface area contributed by atoms with Crippen molar-refractivity contribution in [2.75, 3.05) is 0 Å². The molecular weight excluding hydrogens is 222 g/mol. The molecule has 0 aromatic carbocycles. The van der Waals surface area contributed by atoms with Gasteiger partial charge in [0.1, 0.15) is 6.10 Å². The maximum absolute atomic E-state index is 5.82. The van der Waals surface area contributed by atoms with E-state index in [1.54, 1.807) is 11.3 Å². The number of aromatic nitrogens is 2. The number of fused-ring (bicyclic) bond motifs is 1. The summed E-state index contributed by atoms with van der Waals surface area (Å²) in [4.78, 5) is 1.26. The van der Waals surface area contributed by atoms with E-state index in [2.05, 4.69) is 16.5 Å². The first kappa shape index (κ1) is 10.0. The quantitative estimate of drug-likeness (QED) is 0.861. The van der Waals surface area contributed by atoms with Crippen molar-refractivity contribution in [1.82, 2.24) is 9.78 Å². The number of rotatable bonds is 2. The molecule has 2 aromatic heterocycles. The highest BCUT2D eigenvalue weighted by atomic mass is 32.1. The second-order valence-electron chi connectivity index (χ2n) is 3.83. The predicted octanol–water partition coefficient (Wildman–Crippen LogP) is 1.67. The minimum Gasteiger partial charge on any atom is -0.364 e. The van der Waals surface area contributed by atoms with Crippen LogP contribution in [0.2, 0.25) is 0 Å². The van der Waals surface area contributed by atoms with Gasteiger partial charge in [0.2, 0.25) is 0 Å². The fraction of sp³-hybridized carbons (Fsp3) is 0.364. The van der Waals surface area contributed by atoms with Crippen molar-refractivity contribution in [3.05, 3.63) is 39.8 Å². The van der Waals surface area contributed by atoms with Crippen LogP contribution in [0, 0.1) is 0 Å². The van der Waals surface area contributed by atoms with Gasteiger partial charge in [-0.3, -0.25) is 4.68 Å². The monoisotopic (exact) mass is 235 g/mol. The molecule has 5 heteroatoms. The Labute approximate surface area is 97.6 Å². The van der Waals surface area contributed by atoms with Gasteiger partial charge in [0.25, 0.3) is 0 Å². The van der Waals surface area contributed by atoms with E-state index < -0.39 is 0 Å². The molecule has 1 atom stereocenters. The van der Waals surface area contributed by atoms with E-state index in [0.29, 0.717) is 13.2 Å². The van der Waals surface area contributed by atoms with Crippen molar-refractivity contribution in [1.29, 1.82) is 0 Å². The van der Waals surface area contributed by atoms with Crippen LogP contribution in [0.4, 0.5) is 0 Å². The van der Waals surface area contributed by atoms with Crippen molar-refractivity contribution in [2.45, 2.75) is 25.8 Å². The van der Waals surface area contributed by atoms with Crippen LogP contribution in [0.15, 0.2) is 23.6 Å².